The summed E-state index contributed by atoms with van der Waals surface area (Å²) in [6.07, 6.45) is 4.20. The third kappa shape index (κ3) is 2.93. The van der Waals surface area contributed by atoms with Crippen molar-refractivity contribution in [3.63, 3.8) is 0 Å². The highest BCUT2D eigenvalue weighted by Crippen LogP contribution is 2.43. The van der Waals surface area contributed by atoms with Gasteiger partial charge in [0.25, 0.3) is 11.7 Å². The summed E-state index contributed by atoms with van der Waals surface area (Å²) in [5.41, 5.74) is 1.25. The van der Waals surface area contributed by atoms with Gasteiger partial charge in [-0.05, 0) is 11.6 Å². The molecule has 3 aromatic rings. The topological polar surface area (TPSA) is 83.4 Å². The van der Waals surface area contributed by atoms with Crippen LogP contribution in [0.4, 0.5) is 5.69 Å². The van der Waals surface area contributed by atoms with Gasteiger partial charge in [0.2, 0.25) is 0 Å². The van der Waals surface area contributed by atoms with E-state index in [1.165, 1.54) is 23.6 Å². The van der Waals surface area contributed by atoms with Crippen LogP contribution in [0.2, 0.25) is 5.02 Å². The SMILES string of the molecule is O=C1C(=O)N(c2cncnc2)[C@H](c2ccccc2Cl)C1=C(O)c1ccccc1. The molecule has 2 aromatic carbocycles. The third-order valence-corrected chi connectivity index (χ3v) is 4.86. The average Bonchev–Trinajstić information content (AvgIpc) is 3.00. The first kappa shape index (κ1) is 17.9. The van der Waals surface area contributed by atoms with Crippen molar-refractivity contribution < 1.29 is 14.7 Å². The fourth-order valence-electron chi connectivity index (χ4n) is 3.26. The highest BCUT2D eigenvalue weighted by atomic mass is 35.5. The lowest BCUT2D eigenvalue weighted by molar-refractivity contribution is -0.132. The molecule has 0 radical (unpaired) electrons. The molecule has 1 atom stereocenters. The molecule has 0 saturated carbocycles. The highest BCUT2D eigenvalue weighted by molar-refractivity contribution is 6.52. The predicted octanol–water partition coefficient (Wildman–Crippen LogP) is 3.76. The van der Waals surface area contributed by atoms with Crippen LogP contribution in [0.1, 0.15) is 17.2 Å². The van der Waals surface area contributed by atoms with Crippen molar-refractivity contribution in [1.29, 1.82) is 0 Å². The molecule has 138 valence electrons. The number of halogens is 1. The minimum absolute atomic E-state index is 0.0341. The number of Topliss-reactive ketones (excluding diaryl/α,β-unsaturated/α-hetero) is 1. The smallest absolute Gasteiger partial charge is 0.300 e. The number of anilines is 1. The maximum Gasteiger partial charge on any atom is 0.300 e. The Bertz CT molecular complexity index is 1080. The van der Waals surface area contributed by atoms with Crippen molar-refractivity contribution in [2.75, 3.05) is 4.90 Å². The number of nitrogens with zero attached hydrogens (tertiary/aromatic N) is 3. The van der Waals surface area contributed by atoms with Gasteiger partial charge in [-0.3, -0.25) is 14.5 Å². The van der Waals surface area contributed by atoms with Crippen molar-refractivity contribution in [3.8, 4) is 0 Å². The summed E-state index contributed by atoms with van der Waals surface area (Å²) in [6, 6.07) is 14.6. The molecule has 6 nitrogen and oxygen atoms in total. The van der Waals surface area contributed by atoms with Gasteiger partial charge in [0.1, 0.15) is 12.1 Å². The minimum Gasteiger partial charge on any atom is -0.507 e. The second-order valence-electron chi connectivity index (χ2n) is 6.15. The Kier molecular flexibility index (Phi) is 4.63. The lowest BCUT2D eigenvalue weighted by atomic mass is 9.95. The Balaban J connectivity index is 1.98. The first-order chi connectivity index (χ1) is 13.6. The average molecular weight is 392 g/mol. The third-order valence-electron chi connectivity index (χ3n) is 4.52. The van der Waals surface area contributed by atoms with Crippen LogP contribution in [0.15, 0.2) is 78.9 Å². The lowest BCUT2D eigenvalue weighted by Gasteiger charge is -2.25. The lowest BCUT2D eigenvalue weighted by Crippen LogP contribution is -2.29. The molecular weight excluding hydrogens is 378 g/mol. The number of amides is 1. The zero-order valence-electron chi connectivity index (χ0n) is 14.5. The molecule has 1 aliphatic rings. The first-order valence-electron chi connectivity index (χ1n) is 8.45. The molecule has 1 aliphatic heterocycles. The number of rotatable bonds is 3. The van der Waals surface area contributed by atoms with E-state index in [0.717, 1.165) is 0 Å². The Hall–Kier alpha value is -3.51. The Morgan fingerprint density at radius 3 is 2.29 bits per heavy atom. The summed E-state index contributed by atoms with van der Waals surface area (Å²) < 4.78 is 0. The Morgan fingerprint density at radius 2 is 1.61 bits per heavy atom. The van der Waals surface area contributed by atoms with Gasteiger partial charge < -0.3 is 5.11 Å². The molecule has 1 N–H and O–H groups in total. The van der Waals surface area contributed by atoms with Crippen molar-refractivity contribution in [2.45, 2.75) is 6.04 Å². The highest BCUT2D eigenvalue weighted by Gasteiger charge is 2.47. The molecule has 0 aliphatic carbocycles. The number of aromatic nitrogens is 2. The maximum absolute atomic E-state index is 12.9. The molecule has 0 spiro atoms. The van der Waals surface area contributed by atoms with Gasteiger partial charge in [-0.25, -0.2) is 9.97 Å². The van der Waals surface area contributed by atoms with Crippen LogP contribution in [0, 0.1) is 0 Å². The van der Waals surface area contributed by atoms with E-state index in [-0.39, 0.29) is 11.3 Å². The Morgan fingerprint density at radius 1 is 0.964 bits per heavy atom. The molecule has 1 amide bonds. The van der Waals surface area contributed by atoms with Gasteiger partial charge in [-0.15, -0.1) is 0 Å². The summed E-state index contributed by atoms with van der Waals surface area (Å²) in [6.45, 7) is 0. The zero-order valence-corrected chi connectivity index (χ0v) is 15.2. The number of aliphatic hydroxyl groups is 1. The fourth-order valence-corrected chi connectivity index (χ4v) is 3.50. The van der Waals surface area contributed by atoms with Gasteiger partial charge in [0, 0.05) is 10.6 Å². The fraction of sp³-hybridized carbons (Fsp3) is 0.0476. The first-order valence-corrected chi connectivity index (χ1v) is 8.83. The second kappa shape index (κ2) is 7.25. The van der Waals surface area contributed by atoms with Crippen LogP contribution in [-0.2, 0) is 9.59 Å². The second-order valence-corrected chi connectivity index (χ2v) is 6.56. The molecule has 1 aromatic heterocycles. The Labute approximate surface area is 165 Å². The van der Waals surface area contributed by atoms with E-state index in [1.807, 2.05) is 0 Å². The number of carbonyl (C=O) groups excluding carboxylic acids is 2. The van der Waals surface area contributed by atoms with Crippen molar-refractivity contribution >= 4 is 34.7 Å². The van der Waals surface area contributed by atoms with Gasteiger partial charge in [-0.2, -0.15) is 0 Å². The van der Waals surface area contributed by atoms with Gasteiger partial charge >= 0.3 is 0 Å². The standard InChI is InChI=1S/C21H14ClN3O3/c22-16-9-5-4-8-15(16)18-17(19(26)13-6-2-1-3-7-13)20(27)21(28)25(18)14-10-23-12-24-11-14/h1-12,18,26H/t18-/m1/s1. The molecule has 7 heteroatoms. The number of benzene rings is 2. The van der Waals surface area contributed by atoms with Crippen molar-refractivity contribution in [1.82, 2.24) is 9.97 Å². The minimum atomic E-state index is -0.903. The quantitative estimate of drug-likeness (QED) is 0.417. The van der Waals surface area contributed by atoms with E-state index in [0.29, 0.717) is 21.8 Å². The van der Waals surface area contributed by atoms with E-state index in [9.17, 15) is 14.7 Å². The molecule has 0 bridgehead atoms. The summed E-state index contributed by atoms with van der Waals surface area (Å²) in [5.74, 6) is -1.84. The number of aliphatic hydroxyl groups excluding tert-OH is 1. The molecule has 1 fully saturated rings. The predicted molar refractivity (Wildman–Crippen MR) is 105 cm³/mol. The van der Waals surface area contributed by atoms with Crippen LogP contribution in [0.25, 0.3) is 5.76 Å². The van der Waals surface area contributed by atoms with E-state index < -0.39 is 17.7 Å². The molecule has 28 heavy (non-hydrogen) atoms. The summed E-state index contributed by atoms with van der Waals surface area (Å²) in [5, 5.41) is 11.3. The maximum atomic E-state index is 12.9. The normalized spacial score (nSPS) is 18.5. The van der Waals surface area contributed by atoms with Gasteiger partial charge in [0.15, 0.2) is 0 Å². The molecule has 4 rings (SSSR count). The van der Waals surface area contributed by atoms with E-state index >= 15 is 0 Å². The van der Waals surface area contributed by atoms with E-state index in [2.05, 4.69) is 9.97 Å². The number of hydrogen-bond acceptors (Lipinski definition) is 5. The molecule has 2 heterocycles. The summed E-state index contributed by atoms with van der Waals surface area (Å²) >= 11 is 6.38. The molecular formula is C21H14ClN3O3. The van der Waals surface area contributed by atoms with Crippen LogP contribution in [-0.4, -0.2) is 26.8 Å². The van der Waals surface area contributed by atoms with E-state index in [1.54, 1.807) is 54.6 Å². The van der Waals surface area contributed by atoms with E-state index in [4.69, 9.17) is 11.6 Å². The molecule has 0 unspecified atom stereocenters. The summed E-state index contributed by atoms with van der Waals surface area (Å²) in [4.78, 5) is 34.9. The van der Waals surface area contributed by atoms with Crippen LogP contribution in [0.5, 0.6) is 0 Å². The van der Waals surface area contributed by atoms with Crippen LogP contribution in [0.3, 0.4) is 0 Å². The summed E-state index contributed by atoms with van der Waals surface area (Å²) in [7, 11) is 0. The van der Waals surface area contributed by atoms with Gasteiger partial charge in [-0.1, -0.05) is 60.1 Å². The van der Waals surface area contributed by atoms with Crippen molar-refractivity contribution in [3.05, 3.63) is 95.0 Å². The monoisotopic (exact) mass is 391 g/mol. The number of hydrogen-bond donors (Lipinski definition) is 1. The van der Waals surface area contributed by atoms with Crippen molar-refractivity contribution in [2.24, 2.45) is 0 Å². The number of carbonyl (C=O) groups is 2. The molecule has 1 saturated heterocycles. The largest absolute Gasteiger partial charge is 0.507 e. The number of ketones is 1. The van der Waals surface area contributed by atoms with Crippen LogP contribution < -0.4 is 4.90 Å². The van der Waals surface area contributed by atoms with Gasteiger partial charge in [0.05, 0.1) is 29.7 Å². The zero-order chi connectivity index (χ0) is 19.7. The van der Waals surface area contributed by atoms with Crippen LogP contribution >= 0.6 is 11.6 Å².